The molecule has 1 aliphatic rings. The Bertz CT molecular complexity index is 642. The Kier molecular flexibility index (Phi) is 4.74. The summed E-state index contributed by atoms with van der Waals surface area (Å²) in [5, 5.41) is 5.92. The molecule has 1 amide bonds. The lowest BCUT2D eigenvalue weighted by atomic mass is 10.2. The first-order valence-electron chi connectivity index (χ1n) is 6.26. The van der Waals surface area contributed by atoms with Crippen molar-refractivity contribution in [3.8, 4) is 0 Å². The highest BCUT2D eigenvalue weighted by Gasteiger charge is 2.34. The first-order valence-corrected chi connectivity index (χ1v) is 7.14. The standard InChI is InChI=1S/C13H13F3N4OS/c1-7-10(11(21)17-2)22-12(20-19-7)18-9-6-4-3-5-8(9)13(14,15)16/h3-6,10H,1-2H3,(H,17,21)(H,18,20)/t10-/m0/s1. The number of para-hydroxylation sites is 1. The highest BCUT2D eigenvalue weighted by molar-refractivity contribution is 8.15. The van der Waals surface area contributed by atoms with Crippen LogP contribution in [0.4, 0.5) is 18.9 Å². The van der Waals surface area contributed by atoms with Gasteiger partial charge in [0, 0.05) is 7.05 Å². The van der Waals surface area contributed by atoms with Crippen molar-refractivity contribution in [2.24, 2.45) is 10.1 Å². The number of alkyl halides is 3. The number of thioether (sulfide) groups is 1. The summed E-state index contributed by atoms with van der Waals surface area (Å²) in [6, 6.07) is 4.98. The monoisotopic (exact) mass is 330 g/mol. The van der Waals surface area contributed by atoms with Crippen LogP contribution in [0.1, 0.15) is 12.5 Å². The summed E-state index contributed by atoms with van der Waals surface area (Å²) in [6.45, 7) is 1.65. The van der Waals surface area contributed by atoms with Crippen molar-refractivity contribution >= 4 is 34.2 Å². The van der Waals surface area contributed by atoms with Crippen LogP contribution in [0.2, 0.25) is 0 Å². The fourth-order valence-corrected chi connectivity index (χ4v) is 2.68. The van der Waals surface area contributed by atoms with Crippen molar-refractivity contribution < 1.29 is 18.0 Å². The van der Waals surface area contributed by atoms with E-state index in [0.29, 0.717) is 5.71 Å². The zero-order valence-electron chi connectivity index (χ0n) is 11.7. The molecule has 118 valence electrons. The molecular formula is C13H13F3N4OS. The van der Waals surface area contributed by atoms with Crippen LogP contribution in [0.3, 0.4) is 0 Å². The molecule has 0 saturated carbocycles. The number of nitrogens with one attached hydrogen (secondary N) is 2. The van der Waals surface area contributed by atoms with Gasteiger partial charge in [-0.3, -0.25) is 10.2 Å². The third-order valence-corrected chi connectivity index (χ3v) is 4.05. The van der Waals surface area contributed by atoms with E-state index in [4.69, 9.17) is 0 Å². The van der Waals surface area contributed by atoms with Crippen molar-refractivity contribution in [1.82, 2.24) is 10.7 Å². The van der Waals surface area contributed by atoms with Gasteiger partial charge in [0.15, 0.2) is 5.17 Å². The minimum Gasteiger partial charge on any atom is -0.358 e. The minimum atomic E-state index is -4.50. The number of hydrazone groups is 1. The first kappa shape index (κ1) is 16.3. The van der Waals surface area contributed by atoms with Crippen LogP contribution in [0.25, 0.3) is 0 Å². The van der Waals surface area contributed by atoms with Crippen molar-refractivity contribution in [2.75, 3.05) is 7.05 Å². The quantitative estimate of drug-likeness (QED) is 0.876. The van der Waals surface area contributed by atoms with Gasteiger partial charge in [-0.1, -0.05) is 23.9 Å². The Morgan fingerprint density at radius 3 is 2.73 bits per heavy atom. The van der Waals surface area contributed by atoms with Crippen LogP contribution < -0.4 is 10.7 Å². The van der Waals surface area contributed by atoms with E-state index in [1.54, 1.807) is 6.92 Å². The fraction of sp³-hybridized carbons (Fsp3) is 0.308. The molecule has 9 heteroatoms. The summed E-state index contributed by atoms with van der Waals surface area (Å²) >= 11 is 1.02. The van der Waals surface area contributed by atoms with E-state index in [0.717, 1.165) is 17.8 Å². The van der Waals surface area contributed by atoms with Gasteiger partial charge in [0.25, 0.3) is 0 Å². The molecule has 0 aromatic heterocycles. The lowest BCUT2D eigenvalue weighted by molar-refractivity contribution is -0.137. The van der Waals surface area contributed by atoms with Crippen molar-refractivity contribution in [3.63, 3.8) is 0 Å². The van der Waals surface area contributed by atoms with E-state index < -0.39 is 17.0 Å². The molecule has 0 unspecified atom stereocenters. The Labute approximate surface area is 129 Å². The van der Waals surface area contributed by atoms with E-state index in [-0.39, 0.29) is 16.8 Å². The summed E-state index contributed by atoms with van der Waals surface area (Å²) in [4.78, 5) is 15.7. The minimum absolute atomic E-state index is 0.135. The Hall–Kier alpha value is -2.03. The van der Waals surface area contributed by atoms with Gasteiger partial charge in [-0.2, -0.15) is 18.3 Å². The molecule has 22 heavy (non-hydrogen) atoms. The number of hydrogen-bond acceptors (Lipinski definition) is 4. The number of rotatable bonds is 2. The third-order valence-electron chi connectivity index (χ3n) is 2.85. The maximum Gasteiger partial charge on any atom is 0.418 e. The summed E-state index contributed by atoms with van der Waals surface area (Å²) in [5.41, 5.74) is 2.01. The molecule has 1 aliphatic heterocycles. The Morgan fingerprint density at radius 2 is 2.09 bits per heavy atom. The molecule has 1 aromatic carbocycles. The van der Waals surface area contributed by atoms with Gasteiger partial charge < -0.3 is 5.32 Å². The van der Waals surface area contributed by atoms with Gasteiger partial charge in [-0.05, 0) is 19.1 Å². The van der Waals surface area contributed by atoms with Crippen molar-refractivity contribution in [3.05, 3.63) is 29.8 Å². The Morgan fingerprint density at radius 1 is 1.41 bits per heavy atom. The number of aliphatic imine (C=N–C) groups is 1. The maximum atomic E-state index is 12.9. The lowest BCUT2D eigenvalue weighted by Crippen LogP contribution is -2.40. The molecule has 1 atom stereocenters. The molecule has 0 radical (unpaired) electrons. The topological polar surface area (TPSA) is 65.8 Å². The molecule has 2 rings (SSSR count). The molecule has 5 nitrogen and oxygen atoms in total. The van der Waals surface area contributed by atoms with Crippen LogP contribution in [0, 0.1) is 0 Å². The summed E-state index contributed by atoms with van der Waals surface area (Å²) in [7, 11) is 1.48. The molecule has 0 aliphatic carbocycles. The second-order valence-corrected chi connectivity index (χ2v) is 5.50. The van der Waals surface area contributed by atoms with Crippen LogP contribution >= 0.6 is 11.8 Å². The molecule has 1 aromatic rings. The van der Waals surface area contributed by atoms with E-state index >= 15 is 0 Å². The number of nitrogens with zero attached hydrogens (tertiary/aromatic N) is 2. The highest BCUT2D eigenvalue weighted by atomic mass is 32.2. The summed E-state index contributed by atoms with van der Waals surface area (Å²) in [5.74, 6) is -0.287. The van der Waals surface area contributed by atoms with Gasteiger partial charge in [0.05, 0.1) is 17.0 Å². The number of amides is 1. The third kappa shape index (κ3) is 3.59. The van der Waals surface area contributed by atoms with Gasteiger partial charge in [-0.15, -0.1) is 0 Å². The van der Waals surface area contributed by atoms with Crippen LogP contribution in [-0.4, -0.2) is 29.1 Å². The van der Waals surface area contributed by atoms with Crippen molar-refractivity contribution in [2.45, 2.75) is 18.3 Å². The zero-order chi connectivity index (χ0) is 16.3. The van der Waals surface area contributed by atoms with E-state index in [1.807, 2.05) is 0 Å². The number of hydrogen-bond donors (Lipinski definition) is 2. The van der Waals surface area contributed by atoms with E-state index in [2.05, 4.69) is 20.8 Å². The second kappa shape index (κ2) is 6.39. The molecule has 0 bridgehead atoms. The van der Waals surface area contributed by atoms with Gasteiger partial charge in [0.1, 0.15) is 5.25 Å². The van der Waals surface area contributed by atoms with Crippen LogP contribution in [-0.2, 0) is 11.0 Å². The van der Waals surface area contributed by atoms with E-state index in [9.17, 15) is 18.0 Å². The molecule has 0 spiro atoms. The van der Waals surface area contributed by atoms with Gasteiger partial charge in [-0.25, -0.2) is 4.99 Å². The summed E-state index contributed by atoms with van der Waals surface area (Å²) < 4.78 is 38.8. The molecule has 0 fully saturated rings. The second-order valence-electron chi connectivity index (χ2n) is 4.41. The first-order chi connectivity index (χ1) is 10.3. The smallest absolute Gasteiger partial charge is 0.358 e. The fourth-order valence-electron chi connectivity index (χ4n) is 1.76. The number of carbonyl (C=O) groups is 1. The number of benzene rings is 1. The molecular weight excluding hydrogens is 317 g/mol. The highest BCUT2D eigenvalue weighted by Crippen LogP contribution is 2.36. The lowest BCUT2D eigenvalue weighted by Gasteiger charge is -2.21. The Balaban J connectivity index is 2.34. The maximum absolute atomic E-state index is 12.9. The predicted molar refractivity (Wildman–Crippen MR) is 80.2 cm³/mol. The molecule has 1 heterocycles. The normalized spacial score (nSPS) is 20.3. The largest absolute Gasteiger partial charge is 0.418 e. The predicted octanol–water partition coefficient (Wildman–Crippen LogP) is 2.52. The number of amidine groups is 1. The SMILES string of the molecule is CNC(=O)[C@H]1SC(=Nc2ccccc2C(F)(F)F)NN=C1C. The number of carbonyl (C=O) groups excluding carboxylic acids is 1. The van der Waals surface area contributed by atoms with Crippen molar-refractivity contribution in [1.29, 1.82) is 0 Å². The van der Waals surface area contributed by atoms with Gasteiger partial charge in [0.2, 0.25) is 5.91 Å². The zero-order valence-corrected chi connectivity index (χ0v) is 12.5. The number of halogens is 3. The van der Waals surface area contributed by atoms with E-state index in [1.165, 1.54) is 25.2 Å². The van der Waals surface area contributed by atoms with Crippen LogP contribution in [0.5, 0.6) is 0 Å². The molecule has 2 N–H and O–H groups in total. The average molecular weight is 330 g/mol. The molecule has 0 saturated heterocycles. The van der Waals surface area contributed by atoms with Crippen LogP contribution in [0.15, 0.2) is 34.4 Å². The summed E-state index contributed by atoms with van der Waals surface area (Å²) in [6.07, 6.45) is -4.50. The average Bonchev–Trinajstić information content (AvgIpc) is 2.48. The van der Waals surface area contributed by atoms with Gasteiger partial charge >= 0.3 is 6.18 Å².